The van der Waals surface area contributed by atoms with Gasteiger partial charge in [-0.25, -0.2) is 0 Å². The van der Waals surface area contributed by atoms with Crippen molar-refractivity contribution in [2.45, 2.75) is 37.4 Å². The molecule has 3 nitrogen and oxygen atoms in total. The molecule has 1 aromatic carbocycles. The predicted octanol–water partition coefficient (Wildman–Crippen LogP) is 3.10. The Bertz CT molecular complexity index is 428. The molecule has 0 bridgehead atoms. The first-order chi connectivity index (χ1) is 8.66. The standard InChI is InChI=1S/C14H20N2OS/c15-12-7-6-10(8-13(12)16)14(17)9-18-11-4-2-1-3-5-11/h6-8,11H,1-5,9,15-16H2. The van der Waals surface area contributed by atoms with Crippen LogP contribution < -0.4 is 11.5 Å². The van der Waals surface area contributed by atoms with Gasteiger partial charge in [-0.1, -0.05) is 19.3 Å². The third-order valence-corrected chi connectivity index (χ3v) is 4.78. The van der Waals surface area contributed by atoms with Gasteiger partial charge < -0.3 is 11.5 Å². The normalized spacial score (nSPS) is 16.7. The van der Waals surface area contributed by atoms with Crippen LogP contribution in [0.15, 0.2) is 18.2 Å². The van der Waals surface area contributed by atoms with Crippen molar-refractivity contribution in [2.24, 2.45) is 0 Å². The summed E-state index contributed by atoms with van der Waals surface area (Å²) in [6.45, 7) is 0. The van der Waals surface area contributed by atoms with Gasteiger partial charge in [0.05, 0.1) is 17.1 Å². The first-order valence-corrected chi connectivity index (χ1v) is 7.51. The number of thioether (sulfide) groups is 1. The number of Topliss-reactive ketones (excluding diaryl/α,β-unsaturated/α-hetero) is 1. The molecule has 0 atom stereocenters. The molecule has 0 amide bonds. The molecule has 1 aromatic rings. The van der Waals surface area contributed by atoms with E-state index < -0.39 is 0 Å². The number of carbonyl (C=O) groups is 1. The molecule has 1 aliphatic rings. The molecule has 4 heteroatoms. The minimum Gasteiger partial charge on any atom is -0.397 e. The minimum atomic E-state index is 0.150. The zero-order chi connectivity index (χ0) is 13.0. The van der Waals surface area contributed by atoms with Crippen LogP contribution in [-0.4, -0.2) is 16.8 Å². The molecule has 0 saturated heterocycles. The third kappa shape index (κ3) is 3.42. The number of anilines is 2. The molecule has 18 heavy (non-hydrogen) atoms. The van der Waals surface area contributed by atoms with Crippen molar-refractivity contribution in [3.63, 3.8) is 0 Å². The van der Waals surface area contributed by atoms with Crippen molar-refractivity contribution in [1.82, 2.24) is 0 Å². The van der Waals surface area contributed by atoms with E-state index >= 15 is 0 Å². The van der Waals surface area contributed by atoms with Crippen LogP contribution in [0.25, 0.3) is 0 Å². The Morgan fingerprint density at radius 1 is 1.17 bits per heavy atom. The van der Waals surface area contributed by atoms with Crippen molar-refractivity contribution >= 4 is 28.9 Å². The highest BCUT2D eigenvalue weighted by Crippen LogP contribution is 2.28. The van der Waals surface area contributed by atoms with Crippen LogP contribution in [0, 0.1) is 0 Å². The molecule has 0 heterocycles. The van der Waals surface area contributed by atoms with Gasteiger partial charge in [0.1, 0.15) is 0 Å². The molecule has 98 valence electrons. The van der Waals surface area contributed by atoms with Gasteiger partial charge >= 0.3 is 0 Å². The van der Waals surface area contributed by atoms with Crippen LogP contribution in [0.4, 0.5) is 11.4 Å². The largest absolute Gasteiger partial charge is 0.397 e. The van der Waals surface area contributed by atoms with E-state index in [0.29, 0.717) is 27.9 Å². The van der Waals surface area contributed by atoms with E-state index in [4.69, 9.17) is 11.5 Å². The van der Waals surface area contributed by atoms with Gasteiger partial charge in [-0.3, -0.25) is 4.79 Å². The third-order valence-electron chi connectivity index (χ3n) is 3.41. The summed E-state index contributed by atoms with van der Waals surface area (Å²) >= 11 is 1.79. The second-order valence-electron chi connectivity index (χ2n) is 4.84. The molecule has 0 spiro atoms. The van der Waals surface area contributed by atoms with E-state index in [2.05, 4.69) is 0 Å². The number of nitrogen functional groups attached to an aromatic ring is 2. The fourth-order valence-electron chi connectivity index (χ4n) is 2.26. The summed E-state index contributed by atoms with van der Waals surface area (Å²) in [5.74, 6) is 0.700. The molecule has 2 rings (SSSR count). The van der Waals surface area contributed by atoms with Gasteiger partial charge in [0.25, 0.3) is 0 Å². The maximum atomic E-state index is 12.0. The Labute approximate surface area is 112 Å². The van der Waals surface area contributed by atoms with Crippen molar-refractivity contribution < 1.29 is 4.79 Å². The number of nitrogens with two attached hydrogens (primary N) is 2. The lowest BCUT2D eigenvalue weighted by Gasteiger charge is -2.20. The molecule has 1 aliphatic carbocycles. The SMILES string of the molecule is Nc1ccc(C(=O)CSC2CCCCC2)cc1N. The van der Waals surface area contributed by atoms with Crippen molar-refractivity contribution in [2.75, 3.05) is 17.2 Å². The van der Waals surface area contributed by atoms with E-state index in [9.17, 15) is 4.79 Å². The van der Waals surface area contributed by atoms with Crippen LogP contribution >= 0.6 is 11.8 Å². The summed E-state index contributed by atoms with van der Waals surface area (Å²) < 4.78 is 0. The summed E-state index contributed by atoms with van der Waals surface area (Å²) in [5.41, 5.74) is 13.0. The second-order valence-corrected chi connectivity index (χ2v) is 6.13. The number of ketones is 1. The fraction of sp³-hybridized carbons (Fsp3) is 0.500. The summed E-state index contributed by atoms with van der Waals surface area (Å²) in [4.78, 5) is 12.0. The Kier molecular flexibility index (Phi) is 4.53. The average Bonchev–Trinajstić information content (AvgIpc) is 2.40. The van der Waals surface area contributed by atoms with Crippen LogP contribution in [-0.2, 0) is 0 Å². The molecule has 0 unspecified atom stereocenters. The van der Waals surface area contributed by atoms with Gasteiger partial charge in [0.15, 0.2) is 5.78 Å². The van der Waals surface area contributed by atoms with Gasteiger partial charge in [0, 0.05) is 10.8 Å². The van der Waals surface area contributed by atoms with E-state index in [1.54, 1.807) is 30.0 Å². The number of hydrogen-bond donors (Lipinski definition) is 2. The summed E-state index contributed by atoms with van der Waals surface area (Å²) in [6, 6.07) is 5.14. The van der Waals surface area contributed by atoms with Crippen LogP contribution in [0.1, 0.15) is 42.5 Å². The lowest BCUT2D eigenvalue weighted by Crippen LogP contribution is -2.12. The Morgan fingerprint density at radius 2 is 1.89 bits per heavy atom. The van der Waals surface area contributed by atoms with Crippen LogP contribution in [0.2, 0.25) is 0 Å². The molecular weight excluding hydrogens is 244 g/mol. The number of carbonyl (C=O) groups excluding carboxylic acids is 1. The highest BCUT2D eigenvalue weighted by atomic mass is 32.2. The lowest BCUT2D eigenvalue weighted by atomic mass is 10.0. The maximum absolute atomic E-state index is 12.0. The van der Waals surface area contributed by atoms with Crippen molar-refractivity contribution in [3.05, 3.63) is 23.8 Å². The quantitative estimate of drug-likeness (QED) is 0.647. The smallest absolute Gasteiger partial charge is 0.172 e. The van der Waals surface area contributed by atoms with Crippen LogP contribution in [0.3, 0.4) is 0 Å². The Morgan fingerprint density at radius 3 is 2.56 bits per heavy atom. The number of rotatable bonds is 4. The van der Waals surface area contributed by atoms with E-state index in [0.717, 1.165) is 0 Å². The fourth-order valence-corrected chi connectivity index (χ4v) is 3.48. The predicted molar refractivity (Wildman–Crippen MR) is 78.9 cm³/mol. The average molecular weight is 264 g/mol. The van der Waals surface area contributed by atoms with E-state index in [1.165, 1.54) is 32.1 Å². The van der Waals surface area contributed by atoms with Gasteiger partial charge in [-0.2, -0.15) is 11.8 Å². The first kappa shape index (κ1) is 13.3. The highest BCUT2D eigenvalue weighted by Gasteiger charge is 2.16. The Hall–Kier alpha value is -1.16. The molecule has 0 aliphatic heterocycles. The topological polar surface area (TPSA) is 69.1 Å². The summed E-state index contributed by atoms with van der Waals surface area (Å²) in [5, 5.41) is 0.661. The van der Waals surface area contributed by atoms with Crippen molar-refractivity contribution in [1.29, 1.82) is 0 Å². The molecule has 0 radical (unpaired) electrons. The minimum absolute atomic E-state index is 0.150. The number of hydrogen-bond acceptors (Lipinski definition) is 4. The first-order valence-electron chi connectivity index (χ1n) is 6.46. The van der Waals surface area contributed by atoms with Gasteiger partial charge in [0.2, 0.25) is 0 Å². The molecule has 0 aromatic heterocycles. The van der Waals surface area contributed by atoms with Gasteiger partial charge in [-0.05, 0) is 31.0 Å². The highest BCUT2D eigenvalue weighted by molar-refractivity contribution is 8.00. The molecule has 4 N–H and O–H groups in total. The molecular formula is C14H20N2OS. The molecule has 1 fully saturated rings. The second kappa shape index (κ2) is 6.14. The number of benzene rings is 1. The zero-order valence-electron chi connectivity index (χ0n) is 10.5. The lowest BCUT2D eigenvalue weighted by molar-refractivity contribution is 0.102. The molecule has 1 saturated carbocycles. The zero-order valence-corrected chi connectivity index (χ0v) is 11.3. The maximum Gasteiger partial charge on any atom is 0.172 e. The Balaban J connectivity index is 1.88. The van der Waals surface area contributed by atoms with E-state index in [-0.39, 0.29) is 5.78 Å². The van der Waals surface area contributed by atoms with Crippen molar-refractivity contribution in [3.8, 4) is 0 Å². The van der Waals surface area contributed by atoms with Crippen LogP contribution in [0.5, 0.6) is 0 Å². The monoisotopic (exact) mass is 264 g/mol. The van der Waals surface area contributed by atoms with E-state index in [1.807, 2.05) is 0 Å². The van der Waals surface area contributed by atoms with Gasteiger partial charge in [-0.15, -0.1) is 0 Å². The summed E-state index contributed by atoms with van der Waals surface area (Å²) in [7, 11) is 0. The summed E-state index contributed by atoms with van der Waals surface area (Å²) in [6.07, 6.45) is 6.46.